The number of carbonyl (C=O) groups is 1. The van der Waals surface area contributed by atoms with Gasteiger partial charge in [-0.25, -0.2) is 8.42 Å². The van der Waals surface area contributed by atoms with E-state index in [4.69, 9.17) is 16.3 Å². The number of rotatable bonds is 9. The van der Waals surface area contributed by atoms with E-state index in [1.54, 1.807) is 25.1 Å². The maximum atomic E-state index is 12.8. The maximum Gasteiger partial charge on any atom is 0.166 e. The first-order valence-corrected chi connectivity index (χ1v) is 12.3. The molecule has 0 aliphatic heterocycles. The third kappa shape index (κ3) is 5.35. The van der Waals surface area contributed by atoms with Gasteiger partial charge in [-0.2, -0.15) is 0 Å². The summed E-state index contributed by atoms with van der Waals surface area (Å²) in [7, 11) is -3.22. The number of hydrogen-bond donors (Lipinski definition) is 1. The highest BCUT2D eigenvalue weighted by Crippen LogP contribution is 2.36. The quantitative estimate of drug-likeness (QED) is 0.429. The number of ketones is 1. The maximum absolute atomic E-state index is 12.8. The SMILES string of the molecule is CCCC(=O)c1cnc2c(OCC(C)S(C)(=O)=O)cccc2c1Nc1ccccc1Cl. The third-order valence-corrected chi connectivity index (χ3v) is 6.90. The van der Waals surface area contributed by atoms with E-state index >= 15 is 0 Å². The Bertz CT molecular complexity index is 1210. The van der Waals surface area contributed by atoms with Gasteiger partial charge < -0.3 is 10.1 Å². The van der Waals surface area contributed by atoms with Gasteiger partial charge in [0.1, 0.15) is 17.9 Å². The lowest BCUT2D eigenvalue weighted by Gasteiger charge is -2.17. The molecule has 0 saturated heterocycles. The van der Waals surface area contributed by atoms with E-state index < -0.39 is 15.1 Å². The van der Waals surface area contributed by atoms with Crippen molar-refractivity contribution in [3.63, 3.8) is 0 Å². The predicted octanol–water partition coefficient (Wildman–Crippen LogP) is 5.43. The Labute approximate surface area is 187 Å². The summed E-state index contributed by atoms with van der Waals surface area (Å²) in [6.07, 6.45) is 3.83. The molecule has 1 atom stereocenters. The predicted molar refractivity (Wildman–Crippen MR) is 126 cm³/mol. The van der Waals surface area contributed by atoms with Crippen LogP contribution in [0.5, 0.6) is 5.75 Å². The van der Waals surface area contributed by atoms with Crippen LogP contribution in [-0.2, 0) is 9.84 Å². The van der Waals surface area contributed by atoms with E-state index in [-0.39, 0.29) is 12.4 Å². The topological polar surface area (TPSA) is 85.4 Å². The number of para-hydroxylation sites is 2. The molecule has 1 unspecified atom stereocenters. The number of carbonyl (C=O) groups excluding carboxylic acids is 1. The highest BCUT2D eigenvalue weighted by atomic mass is 35.5. The molecule has 0 fully saturated rings. The highest BCUT2D eigenvalue weighted by Gasteiger charge is 2.20. The number of hydrogen-bond acceptors (Lipinski definition) is 6. The standard InChI is InChI=1S/C23H25ClN2O4S/c1-4-8-20(27)17-13-25-23-16(22(17)26-19-11-6-5-10-18(19)24)9-7-12-21(23)30-14-15(2)31(3,28)29/h5-7,9-13,15H,4,8,14H2,1-3H3,(H,25,26). The molecule has 1 aromatic heterocycles. The van der Waals surface area contributed by atoms with E-state index in [0.717, 1.165) is 6.42 Å². The van der Waals surface area contributed by atoms with Gasteiger partial charge in [0.05, 0.1) is 27.2 Å². The summed E-state index contributed by atoms with van der Waals surface area (Å²) >= 11 is 6.33. The molecule has 0 saturated carbocycles. The number of benzene rings is 2. The number of pyridine rings is 1. The Kier molecular flexibility index (Phi) is 7.18. The Morgan fingerprint density at radius 1 is 1.19 bits per heavy atom. The molecule has 0 spiro atoms. The van der Waals surface area contributed by atoms with Crippen molar-refractivity contribution in [3.8, 4) is 5.75 Å². The Balaban J connectivity index is 2.10. The average Bonchev–Trinajstić information content (AvgIpc) is 2.73. The number of aromatic nitrogens is 1. The van der Waals surface area contributed by atoms with Gasteiger partial charge in [-0.3, -0.25) is 9.78 Å². The summed E-state index contributed by atoms with van der Waals surface area (Å²) in [6, 6.07) is 12.6. The summed E-state index contributed by atoms with van der Waals surface area (Å²) in [4.78, 5) is 17.3. The summed E-state index contributed by atoms with van der Waals surface area (Å²) in [6.45, 7) is 3.55. The zero-order valence-electron chi connectivity index (χ0n) is 17.7. The minimum atomic E-state index is -3.22. The Morgan fingerprint density at radius 2 is 1.94 bits per heavy atom. The first kappa shape index (κ1) is 23.0. The van der Waals surface area contributed by atoms with Gasteiger partial charge in [0.25, 0.3) is 0 Å². The zero-order valence-corrected chi connectivity index (χ0v) is 19.3. The first-order valence-electron chi connectivity index (χ1n) is 10.0. The Morgan fingerprint density at radius 3 is 2.61 bits per heavy atom. The summed E-state index contributed by atoms with van der Waals surface area (Å²) in [5, 5.41) is 3.85. The fraction of sp³-hybridized carbons (Fsp3) is 0.304. The van der Waals surface area contributed by atoms with Crippen molar-refractivity contribution < 1.29 is 17.9 Å². The molecule has 8 heteroatoms. The molecular formula is C23H25ClN2O4S. The molecule has 2 aromatic carbocycles. The fourth-order valence-corrected chi connectivity index (χ4v) is 3.55. The van der Waals surface area contributed by atoms with Gasteiger partial charge in [0.2, 0.25) is 0 Å². The second-order valence-corrected chi connectivity index (χ2v) is 10.3. The van der Waals surface area contributed by atoms with Crippen LogP contribution in [-0.4, -0.2) is 37.3 Å². The van der Waals surface area contributed by atoms with E-state index in [1.165, 1.54) is 12.5 Å². The zero-order chi connectivity index (χ0) is 22.6. The van der Waals surface area contributed by atoms with Crippen LogP contribution in [0.1, 0.15) is 37.0 Å². The molecule has 164 valence electrons. The van der Waals surface area contributed by atoms with Crippen LogP contribution in [0.25, 0.3) is 10.9 Å². The molecule has 0 bridgehead atoms. The summed E-state index contributed by atoms with van der Waals surface area (Å²) < 4.78 is 29.3. The van der Waals surface area contributed by atoms with E-state index in [1.807, 2.05) is 31.2 Å². The molecule has 3 rings (SSSR count). The monoisotopic (exact) mass is 460 g/mol. The van der Waals surface area contributed by atoms with Gasteiger partial charge >= 0.3 is 0 Å². The summed E-state index contributed by atoms with van der Waals surface area (Å²) in [5.41, 5.74) is 2.26. The Hall–Kier alpha value is -2.64. The number of Topliss-reactive ketones (excluding diaryl/α,β-unsaturated/α-hetero) is 1. The number of nitrogens with one attached hydrogen (secondary N) is 1. The lowest BCUT2D eigenvalue weighted by atomic mass is 10.0. The molecular weight excluding hydrogens is 436 g/mol. The number of fused-ring (bicyclic) bond motifs is 1. The van der Waals surface area contributed by atoms with Crippen molar-refractivity contribution in [2.45, 2.75) is 31.9 Å². The van der Waals surface area contributed by atoms with Crippen LogP contribution in [0.4, 0.5) is 11.4 Å². The van der Waals surface area contributed by atoms with Crippen LogP contribution in [0.2, 0.25) is 5.02 Å². The molecule has 0 amide bonds. The van der Waals surface area contributed by atoms with Crippen LogP contribution < -0.4 is 10.1 Å². The van der Waals surface area contributed by atoms with Crippen LogP contribution >= 0.6 is 11.6 Å². The molecule has 1 N–H and O–H groups in total. The van der Waals surface area contributed by atoms with Gasteiger partial charge in [-0.15, -0.1) is 0 Å². The molecule has 0 radical (unpaired) electrons. The highest BCUT2D eigenvalue weighted by molar-refractivity contribution is 7.91. The molecule has 3 aromatic rings. The minimum absolute atomic E-state index is 0.00339. The van der Waals surface area contributed by atoms with Crippen molar-refractivity contribution in [1.82, 2.24) is 4.98 Å². The molecule has 0 aliphatic rings. The lowest BCUT2D eigenvalue weighted by molar-refractivity contribution is 0.0982. The number of anilines is 2. The van der Waals surface area contributed by atoms with Gasteiger partial charge in [-0.1, -0.05) is 42.8 Å². The van der Waals surface area contributed by atoms with Crippen LogP contribution in [0.15, 0.2) is 48.7 Å². The lowest BCUT2D eigenvalue weighted by Crippen LogP contribution is -2.23. The van der Waals surface area contributed by atoms with E-state index in [9.17, 15) is 13.2 Å². The van der Waals surface area contributed by atoms with Crippen molar-refractivity contribution >= 4 is 49.5 Å². The van der Waals surface area contributed by atoms with E-state index in [0.29, 0.717) is 45.0 Å². The number of ether oxygens (including phenoxy) is 1. The van der Waals surface area contributed by atoms with Crippen LogP contribution in [0, 0.1) is 0 Å². The smallest absolute Gasteiger partial charge is 0.166 e. The van der Waals surface area contributed by atoms with Crippen LogP contribution in [0.3, 0.4) is 0 Å². The normalized spacial score (nSPS) is 12.5. The molecule has 0 aliphatic carbocycles. The van der Waals surface area contributed by atoms with Crippen molar-refractivity contribution in [2.24, 2.45) is 0 Å². The summed E-state index contributed by atoms with van der Waals surface area (Å²) in [5.74, 6) is 0.424. The molecule has 6 nitrogen and oxygen atoms in total. The number of sulfone groups is 1. The van der Waals surface area contributed by atoms with E-state index in [2.05, 4.69) is 10.3 Å². The van der Waals surface area contributed by atoms with Gasteiger partial charge in [0, 0.05) is 24.3 Å². The minimum Gasteiger partial charge on any atom is -0.490 e. The number of halogens is 1. The van der Waals surface area contributed by atoms with Crippen molar-refractivity contribution in [2.75, 3.05) is 18.2 Å². The second-order valence-electron chi connectivity index (χ2n) is 7.43. The molecule has 1 heterocycles. The third-order valence-electron chi connectivity index (χ3n) is 4.98. The van der Waals surface area contributed by atoms with Crippen molar-refractivity contribution in [3.05, 3.63) is 59.2 Å². The first-order chi connectivity index (χ1) is 14.7. The fourth-order valence-electron chi connectivity index (χ4n) is 3.05. The van der Waals surface area contributed by atoms with Gasteiger partial charge in [-0.05, 0) is 31.5 Å². The largest absolute Gasteiger partial charge is 0.490 e. The average molecular weight is 461 g/mol. The molecule has 31 heavy (non-hydrogen) atoms. The van der Waals surface area contributed by atoms with Gasteiger partial charge in [0.15, 0.2) is 15.6 Å². The number of nitrogens with zero attached hydrogens (tertiary/aromatic N) is 1. The second kappa shape index (κ2) is 9.66. The van der Waals surface area contributed by atoms with Crippen molar-refractivity contribution in [1.29, 1.82) is 0 Å².